The number of ether oxygens (including phenoxy) is 1. The van der Waals surface area contributed by atoms with Crippen LogP contribution >= 0.6 is 0 Å². The second-order valence-electron chi connectivity index (χ2n) is 7.26. The number of carbonyl (C=O) groups is 2. The summed E-state index contributed by atoms with van der Waals surface area (Å²) in [6.07, 6.45) is -3.56. The first-order valence-corrected chi connectivity index (χ1v) is 9.61. The zero-order chi connectivity index (χ0) is 24.5. The molecule has 3 rings (SSSR count). The van der Waals surface area contributed by atoms with Gasteiger partial charge in [-0.3, -0.25) is 9.59 Å². The average molecular weight is 461 g/mol. The Bertz CT molecular complexity index is 1240. The van der Waals surface area contributed by atoms with Crippen molar-refractivity contribution in [3.63, 3.8) is 0 Å². The van der Waals surface area contributed by atoms with Gasteiger partial charge in [0.05, 0.1) is 23.0 Å². The van der Waals surface area contributed by atoms with Gasteiger partial charge in [0, 0.05) is 0 Å². The van der Waals surface area contributed by atoms with E-state index in [-0.39, 0.29) is 34.0 Å². The molecule has 2 aromatic carbocycles. The van der Waals surface area contributed by atoms with Gasteiger partial charge in [0.15, 0.2) is 0 Å². The van der Waals surface area contributed by atoms with Crippen molar-refractivity contribution in [2.24, 2.45) is 5.73 Å². The van der Waals surface area contributed by atoms with Gasteiger partial charge in [-0.1, -0.05) is 0 Å². The highest BCUT2D eigenvalue weighted by Gasteiger charge is 2.35. The van der Waals surface area contributed by atoms with Crippen molar-refractivity contribution in [3.05, 3.63) is 81.9 Å². The van der Waals surface area contributed by atoms with Crippen molar-refractivity contribution in [3.8, 4) is 11.5 Å². The van der Waals surface area contributed by atoms with E-state index in [4.69, 9.17) is 10.5 Å². The topological polar surface area (TPSA) is 94.3 Å². The summed E-state index contributed by atoms with van der Waals surface area (Å²) in [7, 11) is 0. The van der Waals surface area contributed by atoms with E-state index in [9.17, 15) is 27.2 Å². The van der Waals surface area contributed by atoms with Gasteiger partial charge in [-0.2, -0.15) is 13.2 Å². The summed E-state index contributed by atoms with van der Waals surface area (Å²) in [5.41, 5.74) is 4.23. The Morgan fingerprint density at radius 1 is 0.939 bits per heavy atom. The Morgan fingerprint density at radius 3 is 2.18 bits per heavy atom. The Balaban J connectivity index is 2.06. The van der Waals surface area contributed by atoms with Crippen molar-refractivity contribution in [1.29, 1.82) is 0 Å². The van der Waals surface area contributed by atoms with Crippen molar-refractivity contribution in [2.45, 2.75) is 26.9 Å². The number of alkyl halides is 3. The number of hydrogen-bond acceptors (Lipinski definition) is 4. The SMILES string of the molecule is Cc1c(F)ccc(Oc2ccc(C(F)(F)F)c(C)c2C(=O)Nc2ccc(C(N)=O)nc2)c1C. The van der Waals surface area contributed by atoms with Crippen LogP contribution in [0.4, 0.5) is 23.2 Å². The molecule has 33 heavy (non-hydrogen) atoms. The van der Waals surface area contributed by atoms with E-state index in [1.54, 1.807) is 6.92 Å². The van der Waals surface area contributed by atoms with Gasteiger partial charge < -0.3 is 15.8 Å². The lowest BCUT2D eigenvalue weighted by Gasteiger charge is -2.19. The molecule has 2 amide bonds. The molecular weight excluding hydrogens is 442 g/mol. The number of nitrogens with one attached hydrogen (secondary N) is 1. The largest absolute Gasteiger partial charge is 0.456 e. The predicted molar refractivity (Wildman–Crippen MR) is 113 cm³/mol. The molecule has 172 valence electrons. The molecule has 1 aromatic heterocycles. The zero-order valence-electron chi connectivity index (χ0n) is 17.8. The molecule has 0 atom stereocenters. The third-order valence-electron chi connectivity index (χ3n) is 5.12. The fraction of sp³-hybridized carbons (Fsp3) is 0.174. The number of rotatable bonds is 5. The van der Waals surface area contributed by atoms with Crippen LogP contribution in [0.15, 0.2) is 42.6 Å². The van der Waals surface area contributed by atoms with Crippen molar-refractivity contribution in [2.75, 3.05) is 5.32 Å². The minimum atomic E-state index is -4.70. The minimum absolute atomic E-state index is 0.0468. The van der Waals surface area contributed by atoms with Crippen molar-refractivity contribution >= 4 is 17.5 Å². The van der Waals surface area contributed by atoms with E-state index < -0.39 is 29.4 Å². The lowest BCUT2D eigenvalue weighted by Crippen LogP contribution is -2.19. The molecule has 0 unspecified atom stereocenters. The zero-order valence-corrected chi connectivity index (χ0v) is 17.8. The molecule has 0 bridgehead atoms. The third-order valence-corrected chi connectivity index (χ3v) is 5.12. The Kier molecular flexibility index (Phi) is 6.39. The summed E-state index contributed by atoms with van der Waals surface area (Å²) < 4.78 is 60.0. The Labute approximate surface area is 186 Å². The van der Waals surface area contributed by atoms with Crippen LogP contribution in [0.1, 0.15) is 43.1 Å². The highest BCUT2D eigenvalue weighted by Crippen LogP contribution is 2.39. The standard InChI is InChI=1S/C23H19F4N3O3/c1-11-12(2)18(9-6-16(11)24)33-19-8-5-15(23(25,26)27)13(3)20(19)22(32)30-14-4-7-17(21(28)31)29-10-14/h4-10H,1-3H3,(H2,28,31)(H,30,32). The number of nitrogens with two attached hydrogens (primary N) is 1. The van der Waals surface area contributed by atoms with Gasteiger partial charge in [-0.25, -0.2) is 9.37 Å². The molecule has 1 heterocycles. The molecule has 6 nitrogen and oxygen atoms in total. The quantitative estimate of drug-likeness (QED) is 0.504. The molecule has 0 fully saturated rings. The maximum Gasteiger partial charge on any atom is 0.416 e. The molecule has 0 saturated heterocycles. The van der Waals surface area contributed by atoms with Gasteiger partial charge in [-0.15, -0.1) is 0 Å². The van der Waals surface area contributed by atoms with Gasteiger partial charge in [0.2, 0.25) is 0 Å². The fourth-order valence-electron chi connectivity index (χ4n) is 3.16. The fourth-order valence-corrected chi connectivity index (χ4v) is 3.16. The molecule has 0 aliphatic heterocycles. The third kappa shape index (κ3) is 4.94. The number of anilines is 1. The van der Waals surface area contributed by atoms with Crippen LogP contribution in [0.3, 0.4) is 0 Å². The van der Waals surface area contributed by atoms with E-state index in [1.165, 1.54) is 31.2 Å². The number of nitrogens with zero attached hydrogens (tertiary/aromatic N) is 1. The van der Waals surface area contributed by atoms with Gasteiger partial charge >= 0.3 is 6.18 Å². The molecule has 0 saturated carbocycles. The first-order valence-electron chi connectivity index (χ1n) is 9.61. The normalized spacial score (nSPS) is 11.2. The molecule has 0 aliphatic carbocycles. The van der Waals surface area contributed by atoms with Crippen LogP contribution in [0, 0.1) is 26.6 Å². The Morgan fingerprint density at radius 2 is 1.61 bits per heavy atom. The number of hydrogen-bond donors (Lipinski definition) is 2. The van der Waals surface area contributed by atoms with Crippen LogP contribution in [-0.4, -0.2) is 16.8 Å². The summed E-state index contributed by atoms with van der Waals surface area (Å²) in [6.45, 7) is 4.28. The van der Waals surface area contributed by atoms with Crippen molar-refractivity contribution < 1.29 is 31.9 Å². The summed E-state index contributed by atoms with van der Waals surface area (Å²) in [4.78, 5) is 27.9. The lowest BCUT2D eigenvalue weighted by atomic mass is 9.99. The van der Waals surface area contributed by atoms with Crippen LogP contribution in [-0.2, 0) is 6.18 Å². The second kappa shape index (κ2) is 8.89. The van der Waals surface area contributed by atoms with E-state index >= 15 is 0 Å². The number of primary amides is 1. The van der Waals surface area contributed by atoms with E-state index in [0.29, 0.717) is 11.1 Å². The predicted octanol–water partition coefficient (Wildman–Crippen LogP) is 5.31. The van der Waals surface area contributed by atoms with Crippen LogP contribution in [0.5, 0.6) is 11.5 Å². The number of amides is 2. The molecule has 3 N–H and O–H groups in total. The van der Waals surface area contributed by atoms with Gasteiger partial charge in [0.25, 0.3) is 11.8 Å². The average Bonchev–Trinajstić information content (AvgIpc) is 2.73. The van der Waals surface area contributed by atoms with Crippen molar-refractivity contribution in [1.82, 2.24) is 4.98 Å². The van der Waals surface area contributed by atoms with E-state index in [1.807, 2.05) is 0 Å². The summed E-state index contributed by atoms with van der Waals surface area (Å²) in [6, 6.07) is 6.95. The highest BCUT2D eigenvalue weighted by atomic mass is 19.4. The van der Waals surface area contributed by atoms with Gasteiger partial charge in [-0.05, 0) is 73.9 Å². The minimum Gasteiger partial charge on any atom is -0.456 e. The van der Waals surface area contributed by atoms with Crippen LogP contribution < -0.4 is 15.8 Å². The smallest absolute Gasteiger partial charge is 0.416 e. The number of aromatic nitrogens is 1. The molecule has 10 heteroatoms. The summed E-state index contributed by atoms with van der Waals surface area (Å²) in [5, 5.41) is 2.44. The summed E-state index contributed by atoms with van der Waals surface area (Å²) >= 11 is 0. The first-order chi connectivity index (χ1) is 15.4. The van der Waals surface area contributed by atoms with Crippen LogP contribution in [0.2, 0.25) is 0 Å². The van der Waals surface area contributed by atoms with Gasteiger partial charge in [0.1, 0.15) is 23.0 Å². The lowest BCUT2D eigenvalue weighted by molar-refractivity contribution is -0.138. The van der Waals surface area contributed by atoms with Crippen LogP contribution in [0.25, 0.3) is 0 Å². The highest BCUT2D eigenvalue weighted by molar-refractivity contribution is 6.07. The maximum atomic E-state index is 13.8. The van der Waals surface area contributed by atoms with E-state index in [2.05, 4.69) is 10.3 Å². The number of benzene rings is 2. The van der Waals surface area contributed by atoms with E-state index in [0.717, 1.165) is 25.3 Å². The monoisotopic (exact) mass is 461 g/mol. The Hall–Kier alpha value is -3.95. The molecule has 0 radical (unpaired) electrons. The molecule has 0 aliphatic rings. The summed E-state index contributed by atoms with van der Waals surface area (Å²) in [5.74, 6) is -2.09. The number of carbonyl (C=O) groups excluding carboxylic acids is 2. The molecule has 0 spiro atoms. The maximum absolute atomic E-state index is 13.8. The number of pyridine rings is 1. The first kappa shape index (κ1) is 23.7. The number of halogens is 4. The molecule has 3 aromatic rings. The second-order valence-corrected chi connectivity index (χ2v) is 7.26. The molecular formula is C23H19F4N3O3.